The van der Waals surface area contributed by atoms with Crippen LogP contribution in [0.3, 0.4) is 0 Å². The van der Waals surface area contributed by atoms with Gasteiger partial charge in [0.1, 0.15) is 0 Å². The number of aromatic amines is 1. The van der Waals surface area contributed by atoms with Crippen molar-refractivity contribution >= 4 is 12.2 Å². The Morgan fingerprint density at radius 3 is 2.53 bits per heavy atom. The maximum Gasteiger partial charge on any atom is 0.272 e. The Labute approximate surface area is 101 Å². The topological polar surface area (TPSA) is 45.8 Å². The Bertz CT molecular complexity index is 546. The average molecular weight is 230 g/mol. The third-order valence-electron chi connectivity index (χ3n) is 3.75. The van der Waals surface area contributed by atoms with Gasteiger partial charge in [-0.05, 0) is 5.41 Å². The predicted molar refractivity (Wildman–Crippen MR) is 70.5 cm³/mol. The normalized spacial score (nSPS) is 23.3. The molecule has 1 N–H and O–H groups in total. The highest BCUT2D eigenvalue weighted by molar-refractivity contribution is 5.67. The lowest BCUT2D eigenvalue weighted by atomic mass is 9.68. The maximum absolute atomic E-state index is 11.7. The van der Waals surface area contributed by atoms with Gasteiger partial charge in [0, 0.05) is 16.5 Å². The van der Waals surface area contributed by atoms with Crippen molar-refractivity contribution in [3.63, 3.8) is 0 Å². The minimum Gasteiger partial charge on any atom is -0.267 e. The second-order valence-corrected chi connectivity index (χ2v) is 5.77. The Morgan fingerprint density at radius 1 is 1.24 bits per heavy atom. The number of fused-ring (bicyclic) bond motifs is 1. The fourth-order valence-corrected chi connectivity index (χ4v) is 1.80. The zero-order valence-electron chi connectivity index (χ0n) is 10.7. The van der Waals surface area contributed by atoms with E-state index in [0.29, 0.717) is 5.56 Å². The summed E-state index contributed by atoms with van der Waals surface area (Å²) >= 11 is 0. The number of hydrogen-bond acceptors (Lipinski definition) is 2. The van der Waals surface area contributed by atoms with Gasteiger partial charge < -0.3 is 0 Å². The molecule has 1 heterocycles. The maximum atomic E-state index is 11.7. The monoisotopic (exact) mass is 230 g/mol. The molecule has 3 heteroatoms. The molecule has 1 unspecified atom stereocenters. The first-order chi connectivity index (χ1) is 7.83. The van der Waals surface area contributed by atoms with Gasteiger partial charge in [-0.2, -0.15) is 5.10 Å². The summed E-state index contributed by atoms with van der Waals surface area (Å²) in [5.41, 5.74) is 1.45. The van der Waals surface area contributed by atoms with Gasteiger partial charge in [0.2, 0.25) is 0 Å². The smallest absolute Gasteiger partial charge is 0.267 e. The van der Waals surface area contributed by atoms with Crippen LogP contribution in [0.15, 0.2) is 23.1 Å². The van der Waals surface area contributed by atoms with Crippen LogP contribution in [-0.4, -0.2) is 10.2 Å². The van der Waals surface area contributed by atoms with Crippen molar-refractivity contribution in [2.75, 3.05) is 0 Å². The van der Waals surface area contributed by atoms with Crippen LogP contribution < -0.4 is 5.56 Å². The van der Waals surface area contributed by atoms with Crippen LogP contribution in [0.5, 0.6) is 0 Å². The second-order valence-electron chi connectivity index (χ2n) is 5.77. The van der Waals surface area contributed by atoms with Crippen LogP contribution in [0.1, 0.15) is 38.8 Å². The molecule has 1 aliphatic carbocycles. The zero-order valence-corrected chi connectivity index (χ0v) is 10.7. The number of nitrogens with zero attached hydrogens (tertiary/aromatic N) is 1. The van der Waals surface area contributed by atoms with E-state index in [0.717, 1.165) is 5.56 Å². The Kier molecular flexibility index (Phi) is 2.57. The molecule has 3 nitrogen and oxygen atoms in total. The zero-order chi connectivity index (χ0) is 12.7. The highest BCUT2D eigenvalue weighted by Crippen LogP contribution is 2.42. The molecule has 1 aromatic rings. The third kappa shape index (κ3) is 1.97. The summed E-state index contributed by atoms with van der Waals surface area (Å²) in [7, 11) is 0. The van der Waals surface area contributed by atoms with Gasteiger partial charge in [-0.25, -0.2) is 5.10 Å². The van der Waals surface area contributed by atoms with E-state index < -0.39 is 0 Å². The highest BCUT2D eigenvalue weighted by atomic mass is 16.1. The molecule has 0 saturated carbocycles. The SMILES string of the molecule is CC(C)(C)C1(C)C=Cc2cn[nH]c(=O)c2C=C1. The van der Waals surface area contributed by atoms with Crippen LogP contribution in [0.2, 0.25) is 0 Å². The number of allylic oxidation sites excluding steroid dienone is 2. The molecule has 0 saturated heterocycles. The summed E-state index contributed by atoms with van der Waals surface area (Å²) in [5.74, 6) is 0. The first-order valence-electron chi connectivity index (χ1n) is 5.80. The van der Waals surface area contributed by atoms with E-state index >= 15 is 0 Å². The molecule has 0 spiro atoms. The molecule has 2 rings (SSSR count). The molecule has 1 aromatic heterocycles. The molecule has 1 aliphatic rings. The van der Waals surface area contributed by atoms with E-state index in [2.05, 4.69) is 50.0 Å². The molecule has 17 heavy (non-hydrogen) atoms. The molecule has 1 atom stereocenters. The Balaban J connectivity index is 2.59. The fourth-order valence-electron chi connectivity index (χ4n) is 1.80. The van der Waals surface area contributed by atoms with Crippen LogP contribution in [-0.2, 0) is 0 Å². The van der Waals surface area contributed by atoms with E-state index in [1.807, 2.05) is 12.2 Å². The van der Waals surface area contributed by atoms with Crippen LogP contribution in [0.25, 0.3) is 12.2 Å². The largest absolute Gasteiger partial charge is 0.272 e. The molecule has 0 bridgehead atoms. The first kappa shape index (κ1) is 11.8. The lowest BCUT2D eigenvalue weighted by Gasteiger charge is -2.36. The highest BCUT2D eigenvalue weighted by Gasteiger charge is 2.33. The van der Waals surface area contributed by atoms with E-state index in [4.69, 9.17) is 0 Å². The van der Waals surface area contributed by atoms with Gasteiger partial charge in [-0.3, -0.25) is 4.79 Å². The summed E-state index contributed by atoms with van der Waals surface area (Å²) in [4.78, 5) is 11.7. The van der Waals surface area contributed by atoms with Crippen molar-refractivity contribution in [3.8, 4) is 0 Å². The second kappa shape index (κ2) is 3.69. The van der Waals surface area contributed by atoms with Crippen molar-refractivity contribution in [2.24, 2.45) is 10.8 Å². The van der Waals surface area contributed by atoms with Crippen molar-refractivity contribution in [1.29, 1.82) is 0 Å². The number of rotatable bonds is 0. The molecule has 0 fully saturated rings. The quantitative estimate of drug-likeness (QED) is 0.745. The Morgan fingerprint density at radius 2 is 1.88 bits per heavy atom. The van der Waals surface area contributed by atoms with E-state index in [9.17, 15) is 4.79 Å². The van der Waals surface area contributed by atoms with Crippen LogP contribution in [0.4, 0.5) is 0 Å². The molecular weight excluding hydrogens is 212 g/mol. The van der Waals surface area contributed by atoms with E-state index in [1.54, 1.807) is 6.20 Å². The minimum atomic E-state index is -0.137. The van der Waals surface area contributed by atoms with Crippen molar-refractivity contribution in [2.45, 2.75) is 27.7 Å². The van der Waals surface area contributed by atoms with Gasteiger partial charge >= 0.3 is 0 Å². The molecule has 0 radical (unpaired) electrons. The van der Waals surface area contributed by atoms with Gasteiger partial charge in [0.25, 0.3) is 5.56 Å². The van der Waals surface area contributed by atoms with E-state index in [-0.39, 0.29) is 16.4 Å². The van der Waals surface area contributed by atoms with Crippen LogP contribution >= 0.6 is 0 Å². The average Bonchev–Trinajstić information content (AvgIpc) is 2.40. The first-order valence-corrected chi connectivity index (χ1v) is 5.80. The number of hydrogen-bond donors (Lipinski definition) is 1. The number of aromatic nitrogens is 2. The van der Waals surface area contributed by atoms with Crippen molar-refractivity contribution in [1.82, 2.24) is 10.2 Å². The molecule has 90 valence electrons. The molecular formula is C14H18N2O. The van der Waals surface area contributed by atoms with Gasteiger partial charge in [-0.1, -0.05) is 52.0 Å². The predicted octanol–water partition coefficient (Wildman–Crippen LogP) is 2.86. The standard InChI is InChI=1S/C14H18N2O/c1-13(2,3)14(4)7-5-10-9-15-16-12(17)11(10)6-8-14/h5-9H,1-4H3,(H,16,17). The summed E-state index contributed by atoms with van der Waals surface area (Å²) < 4.78 is 0. The third-order valence-corrected chi connectivity index (χ3v) is 3.75. The van der Waals surface area contributed by atoms with Crippen molar-refractivity contribution < 1.29 is 0 Å². The summed E-state index contributed by atoms with van der Waals surface area (Å²) in [5, 5.41) is 6.29. The van der Waals surface area contributed by atoms with Crippen molar-refractivity contribution in [3.05, 3.63) is 39.8 Å². The number of H-pyrrole nitrogens is 1. The molecule has 0 aromatic carbocycles. The van der Waals surface area contributed by atoms with Gasteiger partial charge in [0.05, 0.1) is 6.20 Å². The lowest BCUT2D eigenvalue weighted by Crippen LogP contribution is -2.28. The summed E-state index contributed by atoms with van der Waals surface area (Å²) in [6, 6.07) is 0. The van der Waals surface area contributed by atoms with Gasteiger partial charge in [0.15, 0.2) is 0 Å². The van der Waals surface area contributed by atoms with E-state index in [1.165, 1.54) is 0 Å². The van der Waals surface area contributed by atoms with Gasteiger partial charge in [-0.15, -0.1) is 0 Å². The minimum absolute atomic E-state index is 0.0710. The Hall–Kier alpha value is -1.64. The molecule has 0 amide bonds. The lowest BCUT2D eigenvalue weighted by molar-refractivity contribution is 0.230. The molecule has 0 aliphatic heterocycles. The fraction of sp³-hybridized carbons (Fsp3) is 0.429. The van der Waals surface area contributed by atoms with Crippen LogP contribution in [0, 0.1) is 10.8 Å². The number of nitrogens with one attached hydrogen (secondary N) is 1. The summed E-state index contributed by atoms with van der Waals surface area (Å²) in [6.07, 6.45) is 9.83. The summed E-state index contributed by atoms with van der Waals surface area (Å²) in [6.45, 7) is 8.76.